The summed E-state index contributed by atoms with van der Waals surface area (Å²) in [5.41, 5.74) is 0. The molecule has 0 unspecified atom stereocenters. The van der Waals surface area contributed by atoms with Crippen LogP contribution < -0.4 is 5.19 Å². The van der Waals surface area contributed by atoms with Gasteiger partial charge in [0, 0.05) is 6.10 Å². The molecule has 2 atom stereocenters. The minimum atomic E-state index is -1.75. The van der Waals surface area contributed by atoms with Crippen molar-refractivity contribution in [3.63, 3.8) is 0 Å². The van der Waals surface area contributed by atoms with Crippen LogP contribution in [0.4, 0.5) is 0 Å². The highest BCUT2D eigenvalue weighted by Gasteiger charge is 2.34. The van der Waals surface area contributed by atoms with Crippen LogP contribution in [0.25, 0.3) is 0 Å². The lowest BCUT2D eigenvalue weighted by Gasteiger charge is -2.31. The van der Waals surface area contributed by atoms with Crippen LogP contribution in [0.1, 0.15) is 38.5 Å². The van der Waals surface area contributed by atoms with Gasteiger partial charge < -0.3 is 4.43 Å². The van der Waals surface area contributed by atoms with Gasteiger partial charge in [-0.1, -0.05) is 42.8 Å². The fourth-order valence-electron chi connectivity index (χ4n) is 3.30. The highest BCUT2D eigenvalue weighted by atomic mass is 28.4. The summed E-state index contributed by atoms with van der Waals surface area (Å²) >= 11 is 0. The van der Waals surface area contributed by atoms with Crippen molar-refractivity contribution in [2.24, 2.45) is 5.92 Å². The molecule has 20 heavy (non-hydrogen) atoms. The summed E-state index contributed by atoms with van der Waals surface area (Å²) in [6, 6.07) is 10.8. The van der Waals surface area contributed by atoms with Crippen molar-refractivity contribution in [2.45, 2.75) is 57.7 Å². The normalized spacial score (nSPS) is 22.9. The molecular formula is C18H28OSi. The molecule has 1 fully saturated rings. The van der Waals surface area contributed by atoms with Crippen molar-refractivity contribution < 1.29 is 4.43 Å². The molecule has 1 aromatic rings. The van der Waals surface area contributed by atoms with E-state index >= 15 is 0 Å². The lowest BCUT2D eigenvalue weighted by molar-refractivity contribution is 0.147. The van der Waals surface area contributed by atoms with Crippen LogP contribution in [0.5, 0.6) is 0 Å². The molecule has 0 N–H and O–H groups in total. The van der Waals surface area contributed by atoms with Crippen LogP contribution in [-0.4, -0.2) is 14.4 Å². The molecule has 1 saturated carbocycles. The summed E-state index contributed by atoms with van der Waals surface area (Å²) in [6.07, 6.45) is 10.2. The molecule has 1 aromatic carbocycles. The third-order valence-corrected chi connectivity index (χ3v) is 7.10. The zero-order valence-corrected chi connectivity index (χ0v) is 14.0. The Bertz CT molecular complexity index is 413. The molecule has 0 amide bonds. The Labute approximate surface area is 125 Å². The fourth-order valence-corrected chi connectivity index (χ4v) is 5.50. The molecule has 2 heteroatoms. The average Bonchev–Trinajstić information content (AvgIpc) is 2.87. The van der Waals surface area contributed by atoms with Gasteiger partial charge in [0.05, 0.1) is 0 Å². The third-order valence-electron chi connectivity index (χ3n) is 4.49. The average molecular weight is 289 g/mol. The monoisotopic (exact) mass is 288 g/mol. The van der Waals surface area contributed by atoms with E-state index in [1.807, 2.05) is 6.08 Å². The third kappa shape index (κ3) is 4.06. The summed E-state index contributed by atoms with van der Waals surface area (Å²) in [6.45, 7) is 8.49. The second-order valence-electron chi connectivity index (χ2n) is 6.44. The maximum Gasteiger partial charge on any atom is 0.218 e. The van der Waals surface area contributed by atoms with Gasteiger partial charge in [0.15, 0.2) is 0 Å². The molecule has 0 aromatic heterocycles. The molecule has 1 aliphatic rings. The first-order valence-corrected chi connectivity index (χ1v) is 10.9. The lowest BCUT2D eigenvalue weighted by Crippen LogP contribution is -2.48. The van der Waals surface area contributed by atoms with Gasteiger partial charge in [-0.05, 0) is 56.3 Å². The predicted octanol–water partition coefficient (Wildman–Crippen LogP) is 4.64. The largest absolute Gasteiger partial charge is 0.410 e. The van der Waals surface area contributed by atoms with E-state index in [-0.39, 0.29) is 0 Å². The Kier molecular flexibility index (Phi) is 5.61. The van der Waals surface area contributed by atoms with Crippen molar-refractivity contribution in [3.8, 4) is 0 Å². The highest BCUT2D eigenvalue weighted by Crippen LogP contribution is 2.33. The second-order valence-corrected chi connectivity index (χ2v) is 10.3. The van der Waals surface area contributed by atoms with Gasteiger partial charge in [-0.25, -0.2) is 0 Å². The van der Waals surface area contributed by atoms with E-state index in [4.69, 9.17) is 4.43 Å². The van der Waals surface area contributed by atoms with E-state index in [1.165, 1.54) is 37.3 Å². The van der Waals surface area contributed by atoms with Gasteiger partial charge in [0.2, 0.25) is 8.32 Å². The molecule has 1 aliphatic carbocycles. The minimum Gasteiger partial charge on any atom is -0.410 e. The van der Waals surface area contributed by atoms with Crippen LogP contribution in [0.15, 0.2) is 43.0 Å². The number of unbranched alkanes of at least 4 members (excludes halogenated alkanes) is 1. The molecular weight excluding hydrogens is 260 g/mol. The van der Waals surface area contributed by atoms with E-state index < -0.39 is 8.32 Å². The molecule has 2 rings (SSSR count). The lowest BCUT2D eigenvalue weighted by atomic mass is 9.99. The van der Waals surface area contributed by atoms with Gasteiger partial charge in [0.1, 0.15) is 0 Å². The van der Waals surface area contributed by atoms with Gasteiger partial charge in [0.25, 0.3) is 0 Å². The summed E-state index contributed by atoms with van der Waals surface area (Å²) < 4.78 is 6.64. The van der Waals surface area contributed by atoms with E-state index in [0.29, 0.717) is 6.10 Å². The summed E-state index contributed by atoms with van der Waals surface area (Å²) in [5, 5.41) is 1.41. The molecule has 0 heterocycles. The Hall–Kier alpha value is -0.863. The van der Waals surface area contributed by atoms with Gasteiger partial charge in [-0.2, -0.15) is 0 Å². The quantitative estimate of drug-likeness (QED) is 0.403. The molecule has 0 saturated heterocycles. The van der Waals surface area contributed by atoms with Crippen LogP contribution in [0.3, 0.4) is 0 Å². The van der Waals surface area contributed by atoms with Crippen LogP contribution in [-0.2, 0) is 4.43 Å². The van der Waals surface area contributed by atoms with Crippen molar-refractivity contribution in [2.75, 3.05) is 0 Å². The highest BCUT2D eigenvalue weighted by molar-refractivity contribution is 6.84. The van der Waals surface area contributed by atoms with Crippen LogP contribution >= 0.6 is 0 Å². The first-order valence-electron chi connectivity index (χ1n) is 7.98. The Morgan fingerprint density at radius 1 is 1.25 bits per heavy atom. The van der Waals surface area contributed by atoms with Crippen LogP contribution in [0.2, 0.25) is 13.1 Å². The number of hydrogen-bond acceptors (Lipinski definition) is 1. The van der Waals surface area contributed by atoms with Crippen molar-refractivity contribution >= 4 is 13.5 Å². The molecule has 110 valence electrons. The van der Waals surface area contributed by atoms with Crippen molar-refractivity contribution in [1.29, 1.82) is 0 Å². The number of benzene rings is 1. The minimum absolute atomic E-state index is 0.488. The Morgan fingerprint density at radius 3 is 2.70 bits per heavy atom. The molecule has 0 spiro atoms. The van der Waals surface area contributed by atoms with E-state index in [1.54, 1.807) is 0 Å². The maximum atomic E-state index is 6.64. The summed E-state index contributed by atoms with van der Waals surface area (Å²) in [4.78, 5) is 0. The van der Waals surface area contributed by atoms with E-state index in [2.05, 4.69) is 50.0 Å². The number of allylic oxidation sites excluding steroid dienone is 1. The smallest absolute Gasteiger partial charge is 0.218 e. The molecule has 0 radical (unpaired) electrons. The molecule has 0 bridgehead atoms. The van der Waals surface area contributed by atoms with Gasteiger partial charge in [-0.3, -0.25) is 0 Å². The topological polar surface area (TPSA) is 9.23 Å². The maximum absolute atomic E-state index is 6.64. The zero-order chi connectivity index (χ0) is 14.4. The zero-order valence-electron chi connectivity index (χ0n) is 13.0. The molecule has 0 aliphatic heterocycles. The number of hydrogen-bond donors (Lipinski definition) is 0. The van der Waals surface area contributed by atoms with Crippen molar-refractivity contribution in [3.05, 3.63) is 43.0 Å². The van der Waals surface area contributed by atoms with E-state index in [0.717, 1.165) is 12.3 Å². The number of rotatable bonds is 7. The van der Waals surface area contributed by atoms with Crippen LogP contribution in [0, 0.1) is 5.92 Å². The Balaban J connectivity index is 1.95. The summed E-state index contributed by atoms with van der Waals surface area (Å²) in [5.74, 6) is 0.769. The van der Waals surface area contributed by atoms with E-state index in [9.17, 15) is 0 Å². The summed E-state index contributed by atoms with van der Waals surface area (Å²) in [7, 11) is -1.75. The van der Waals surface area contributed by atoms with Crippen molar-refractivity contribution in [1.82, 2.24) is 0 Å². The first-order chi connectivity index (χ1) is 9.63. The van der Waals surface area contributed by atoms with Gasteiger partial charge >= 0.3 is 0 Å². The fraction of sp³-hybridized carbons (Fsp3) is 0.556. The Morgan fingerprint density at radius 2 is 2.00 bits per heavy atom. The molecule has 1 nitrogen and oxygen atoms in total. The first kappa shape index (κ1) is 15.5. The SMILES string of the molecule is C=CCCC[C@H]1CCC[C@H]1O[Si](C)(C)c1ccccc1. The van der Waals surface area contributed by atoms with Gasteiger partial charge in [-0.15, -0.1) is 6.58 Å². The second kappa shape index (κ2) is 7.23. The predicted molar refractivity (Wildman–Crippen MR) is 89.8 cm³/mol. The standard InChI is InChI=1S/C18H28OSi/c1-4-5-7-11-16-12-10-15-18(16)19-20(2,3)17-13-8-6-9-14-17/h4,6,8-9,13-14,16,18H,1,5,7,10-12,15H2,2-3H3/t16-,18+/m0/s1.